The van der Waals surface area contributed by atoms with E-state index in [0.29, 0.717) is 0 Å². The second kappa shape index (κ2) is 11.5. The summed E-state index contributed by atoms with van der Waals surface area (Å²) in [4.78, 5) is 9.20. The van der Waals surface area contributed by atoms with E-state index in [1.54, 1.807) is 11.3 Å². The predicted octanol–water partition coefficient (Wildman–Crippen LogP) is 3.45. The van der Waals surface area contributed by atoms with Crippen LogP contribution < -0.4 is 10.6 Å². The van der Waals surface area contributed by atoms with Crippen molar-refractivity contribution in [1.82, 2.24) is 15.6 Å². The van der Waals surface area contributed by atoms with Gasteiger partial charge in [0.05, 0.1) is 11.6 Å². The van der Waals surface area contributed by atoms with Crippen molar-refractivity contribution >= 4 is 53.0 Å². The van der Waals surface area contributed by atoms with Crippen LogP contribution in [0.4, 0.5) is 0 Å². The van der Waals surface area contributed by atoms with E-state index in [9.17, 15) is 0 Å². The van der Waals surface area contributed by atoms with Crippen LogP contribution in [-0.2, 0) is 6.42 Å². The molecule has 2 N–H and O–H groups in total. The first-order valence-electron chi connectivity index (χ1n) is 7.82. The molecule has 0 spiro atoms. The molecule has 2 heterocycles. The van der Waals surface area contributed by atoms with Crippen molar-refractivity contribution in [3.05, 3.63) is 16.1 Å². The second-order valence-electron chi connectivity index (χ2n) is 5.27. The number of thioether (sulfide) groups is 1. The molecule has 4 nitrogen and oxygen atoms in total. The third-order valence-corrected chi connectivity index (χ3v) is 5.75. The highest BCUT2D eigenvalue weighted by atomic mass is 127. The van der Waals surface area contributed by atoms with Gasteiger partial charge in [0.2, 0.25) is 0 Å². The molecular formula is C15H27IN4S2. The Kier molecular flexibility index (Phi) is 10.5. The van der Waals surface area contributed by atoms with Crippen molar-refractivity contribution in [1.29, 1.82) is 0 Å². The van der Waals surface area contributed by atoms with Gasteiger partial charge in [0.15, 0.2) is 5.96 Å². The maximum Gasteiger partial charge on any atom is 0.191 e. The molecule has 1 saturated heterocycles. The van der Waals surface area contributed by atoms with Gasteiger partial charge < -0.3 is 10.6 Å². The van der Waals surface area contributed by atoms with Crippen LogP contribution in [0.1, 0.15) is 36.9 Å². The Morgan fingerprint density at radius 1 is 1.45 bits per heavy atom. The van der Waals surface area contributed by atoms with Crippen LogP contribution in [0.5, 0.6) is 0 Å². The maximum absolute atomic E-state index is 4.70. The molecule has 0 aromatic carbocycles. The zero-order valence-electron chi connectivity index (χ0n) is 13.4. The molecule has 0 aliphatic carbocycles. The lowest BCUT2D eigenvalue weighted by Crippen LogP contribution is -2.38. The minimum Gasteiger partial charge on any atom is -0.357 e. The molecule has 1 aromatic heterocycles. The Labute approximate surface area is 159 Å². The number of nitrogens with one attached hydrogen (secondary N) is 2. The van der Waals surface area contributed by atoms with Crippen LogP contribution in [0.15, 0.2) is 10.4 Å². The van der Waals surface area contributed by atoms with Gasteiger partial charge >= 0.3 is 0 Å². The normalized spacial score (nSPS) is 18.1. The number of halogens is 1. The van der Waals surface area contributed by atoms with Gasteiger partial charge in [0.1, 0.15) is 0 Å². The fraction of sp³-hybridized carbons (Fsp3) is 0.733. The van der Waals surface area contributed by atoms with Crippen LogP contribution in [0, 0.1) is 6.92 Å². The van der Waals surface area contributed by atoms with Crippen molar-refractivity contribution < 1.29 is 0 Å². The van der Waals surface area contributed by atoms with E-state index < -0.39 is 0 Å². The van der Waals surface area contributed by atoms with Gasteiger partial charge in [-0.3, -0.25) is 4.99 Å². The Hall–Kier alpha value is -0.0200. The number of hydrogen-bond donors (Lipinski definition) is 2. The number of aliphatic imine (C=N–C) groups is 1. The minimum absolute atomic E-state index is 0. The Bertz CT molecular complexity index is 445. The first-order chi connectivity index (χ1) is 10.3. The summed E-state index contributed by atoms with van der Waals surface area (Å²) < 4.78 is 0. The Morgan fingerprint density at radius 3 is 2.95 bits per heavy atom. The summed E-state index contributed by atoms with van der Waals surface area (Å²) in [5.41, 5.74) is 1.13. The van der Waals surface area contributed by atoms with Gasteiger partial charge in [-0.05, 0) is 38.9 Å². The van der Waals surface area contributed by atoms with E-state index in [1.165, 1.54) is 23.6 Å². The lowest BCUT2D eigenvalue weighted by Gasteiger charge is -2.12. The number of nitrogens with zero attached hydrogens (tertiary/aromatic N) is 2. The first kappa shape index (κ1) is 20.0. The molecule has 7 heteroatoms. The number of aromatic nitrogens is 1. The molecule has 1 aliphatic heterocycles. The summed E-state index contributed by atoms with van der Waals surface area (Å²) >= 11 is 3.82. The molecule has 0 saturated carbocycles. The van der Waals surface area contributed by atoms with Crippen molar-refractivity contribution in [2.45, 2.75) is 44.8 Å². The number of thiazole rings is 1. The van der Waals surface area contributed by atoms with E-state index in [4.69, 9.17) is 4.99 Å². The average molecular weight is 454 g/mol. The highest BCUT2D eigenvalue weighted by Gasteiger charge is 2.14. The molecule has 2 rings (SSSR count). The molecule has 126 valence electrons. The highest BCUT2D eigenvalue weighted by Crippen LogP contribution is 2.25. The fourth-order valence-corrected chi connectivity index (χ4v) is 4.29. The standard InChI is InChI=1S/C15H26N4S2.HI/c1-3-16-15(18-10-13-6-5-9-20-13)17-8-4-7-14-19-12(2)11-21-14;/h11,13H,3-10H2,1-2H3,(H2,16,17,18);1H. The van der Waals surface area contributed by atoms with E-state index >= 15 is 0 Å². The number of hydrogen-bond acceptors (Lipinski definition) is 4. The topological polar surface area (TPSA) is 49.3 Å². The van der Waals surface area contributed by atoms with Crippen LogP contribution in [0.3, 0.4) is 0 Å². The van der Waals surface area contributed by atoms with Crippen molar-refractivity contribution in [3.8, 4) is 0 Å². The smallest absolute Gasteiger partial charge is 0.191 e. The average Bonchev–Trinajstić information content (AvgIpc) is 3.12. The van der Waals surface area contributed by atoms with Gasteiger partial charge in [-0.15, -0.1) is 35.3 Å². The number of aryl methyl sites for hydroxylation is 2. The molecule has 1 unspecified atom stereocenters. The number of rotatable bonds is 7. The second-order valence-corrected chi connectivity index (χ2v) is 7.62. The van der Waals surface area contributed by atoms with Gasteiger partial charge in [-0.2, -0.15) is 11.8 Å². The van der Waals surface area contributed by atoms with E-state index in [1.807, 2.05) is 0 Å². The van der Waals surface area contributed by atoms with E-state index in [2.05, 4.69) is 46.6 Å². The first-order valence-corrected chi connectivity index (χ1v) is 9.75. The summed E-state index contributed by atoms with van der Waals surface area (Å²) in [7, 11) is 0. The van der Waals surface area contributed by atoms with Crippen LogP contribution in [0.25, 0.3) is 0 Å². The lowest BCUT2D eigenvalue weighted by atomic mass is 10.2. The molecule has 1 aliphatic rings. The Balaban J connectivity index is 0.00000242. The molecule has 1 fully saturated rings. The van der Waals surface area contributed by atoms with Crippen LogP contribution >= 0.6 is 47.1 Å². The molecule has 0 bridgehead atoms. The van der Waals surface area contributed by atoms with Crippen molar-refractivity contribution in [3.63, 3.8) is 0 Å². The summed E-state index contributed by atoms with van der Waals surface area (Å²) in [6.45, 7) is 6.96. The summed E-state index contributed by atoms with van der Waals surface area (Å²) in [6, 6.07) is 0. The summed E-state index contributed by atoms with van der Waals surface area (Å²) in [5.74, 6) is 2.26. The quantitative estimate of drug-likeness (QED) is 0.287. The third-order valence-electron chi connectivity index (χ3n) is 3.35. The third kappa shape index (κ3) is 7.50. The summed E-state index contributed by atoms with van der Waals surface area (Å²) in [5, 5.41) is 10.8. The number of guanidine groups is 1. The predicted molar refractivity (Wildman–Crippen MR) is 110 cm³/mol. The minimum atomic E-state index is 0. The maximum atomic E-state index is 4.70. The van der Waals surface area contributed by atoms with Crippen molar-refractivity contribution in [2.24, 2.45) is 4.99 Å². The largest absolute Gasteiger partial charge is 0.357 e. The van der Waals surface area contributed by atoms with Gasteiger partial charge in [0, 0.05) is 35.8 Å². The lowest BCUT2D eigenvalue weighted by molar-refractivity contribution is 0.731. The molecule has 1 atom stereocenters. The van der Waals surface area contributed by atoms with Gasteiger partial charge in [-0.1, -0.05) is 0 Å². The SMILES string of the molecule is CCNC(=NCC1CCCS1)NCCCc1nc(C)cs1.I. The zero-order valence-corrected chi connectivity index (χ0v) is 17.4. The Morgan fingerprint density at radius 2 is 2.32 bits per heavy atom. The monoisotopic (exact) mass is 454 g/mol. The molecule has 22 heavy (non-hydrogen) atoms. The van der Waals surface area contributed by atoms with Crippen LogP contribution in [0.2, 0.25) is 0 Å². The molecule has 0 radical (unpaired) electrons. The van der Waals surface area contributed by atoms with E-state index in [0.717, 1.165) is 49.4 Å². The van der Waals surface area contributed by atoms with Gasteiger partial charge in [-0.25, -0.2) is 4.98 Å². The van der Waals surface area contributed by atoms with Gasteiger partial charge in [0.25, 0.3) is 0 Å². The van der Waals surface area contributed by atoms with E-state index in [-0.39, 0.29) is 24.0 Å². The molecule has 1 aromatic rings. The molecular weight excluding hydrogens is 427 g/mol. The zero-order chi connectivity index (χ0) is 14.9. The van der Waals surface area contributed by atoms with Crippen LogP contribution in [-0.4, -0.2) is 41.6 Å². The molecule has 0 amide bonds. The van der Waals surface area contributed by atoms with Crippen molar-refractivity contribution in [2.75, 3.05) is 25.4 Å². The fourth-order valence-electron chi connectivity index (χ4n) is 2.29. The summed E-state index contributed by atoms with van der Waals surface area (Å²) in [6.07, 6.45) is 4.80. The highest BCUT2D eigenvalue weighted by molar-refractivity contribution is 14.0.